The number of aliphatic hydroxyl groups excluding tert-OH is 2. The van der Waals surface area contributed by atoms with Gasteiger partial charge >= 0.3 is 0 Å². The van der Waals surface area contributed by atoms with Gasteiger partial charge in [-0.3, -0.25) is 0 Å². The van der Waals surface area contributed by atoms with Crippen LogP contribution >= 0.6 is 0 Å². The van der Waals surface area contributed by atoms with Gasteiger partial charge in [0.2, 0.25) is 0 Å². The van der Waals surface area contributed by atoms with Crippen LogP contribution in [0.2, 0.25) is 0 Å². The van der Waals surface area contributed by atoms with E-state index in [0.717, 1.165) is 19.3 Å². The van der Waals surface area contributed by atoms with Gasteiger partial charge in [0.1, 0.15) is 0 Å². The zero-order chi connectivity index (χ0) is 23.7. The summed E-state index contributed by atoms with van der Waals surface area (Å²) in [6.45, 7) is 19.0. The molecule has 32 heavy (non-hydrogen) atoms. The topological polar surface area (TPSA) is 40.5 Å². The number of hydrogen-bond acceptors (Lipinski definition) is 2. The highest BCUT2D eigenvalue weighted by Gasteiger charge is 2.63. The first-order valence-corrected chi connectivity index (χ1v) is 13.5. The minimum atomic E-state index is -0.311. The van der Waals surface area contributed by atoms with E-state index in [2.05, 4.69) is 55.4 Å². The van der Waals surface area contributed by atoms with Crippen LogP contribution in [0, 0.1) is 39.4 Å². The van der Waals surface area contributed by atoms with Crippen molar-refractivity contribution in [2.24, 2.45) is 39.4 Å². The fraction of sp³-hybridized carbons (Fsp3) is 0.867. The molecule has 0 aliphatic heterocycles. The van der Waals surface area contributed by atoms with Crippen molar-refractivity contribution in [1.82, 2.24) is 0 Å². The molecule has 1 unspecified atom stereocenters. The molecule has 0 radical (unpaired) electrons. The smallest absolute Gasteiger partial charge is 0.0726 e. The molecule has 2 nitrogen and oxygen atoms in total. The standard InChI is InChI=1S/C30H50O2/c1-19(2)17-21(31)18-20(3)22-11-15-30(8)24-9-10-25-27(4,5)26(32)13-14-28(25,6)23(24)12-16-29(22,30)7/h17,20-22,25-26,31-32H,9-16,18H2,1-8H3/t20-,21?,22-,25+,26+,28-,29-,30+/m1/s1. The second-order valence-electron chi connectivity index (χ2n) is 13.8. The number of aliphatic hydroxyl groups is 2. The van der Waals surface area contributed by atoms with Gasteiger partial charge in [0.05, 0.1) is 12.2 Å². The minimum Gasteiger partial charge on any atom is -0.393 e. The fourth-order valence-electron chi connectivity index (χ4n) is 9.63. The lowest BCUT2D eigenvalue weighted by molar-refractivity contribution is -0.0963. The van der Waals surface area contributed by atoms with Crippen molar-refractivity contribution < 1.29 is 10.2 Å². The molecule has 4 aliphatic rings. The van der Waals surface area contributed by atoms with Crippen LogP contribution < -0.4 is 0 Å². The Morgan fingerprint density at radius 1 is 0.969 bits per heavy atom. The van der Waals surface area contributed by atoms with Gasteiger partial charge in [-0.25, -0.2) is 0 Å². The lowest BCUT2D eigenvalue weighted by Crippen LogP contribution is -2.55. The van der Waals surface area contributed by atoms with Gasteiger partial charge in [-0.2, -0.15) is 0 Å². The zero-order valence-corrected chi connectivity index (χ0v) is 22.2. The molecule has 0 heterocycles. The van der Waals surface area contributed by atoms with E-state index < -0.39 is 0 Å². The molecular weight excluding hydrogens is 392 g/mol. The third-order valence-electron chi connectivity index (χ3n) is 11.6. The average Bonchev–Trinajstić information content (AvgIpc) is 2.96. The summed E-state index contributed by atoms with van der Waals surface area (Å²) in [6.07, 6.45) is 12.2. The Morgan fingerprint density at radius 3 is 2.31 bits per heavy atom. The molecule has 4 rings (SSSR count). The van der Waals surface area contributed by atoms with E-state index in [1.165, 1.54) is 44.1 Å². The van der Waals surface area contributed by atoms with Gasteiger partial charge in [-0.05, 0) is 111 Å². The minimum absolute atomic E-state index is 0.0149. The number of rotatable bonds is 4. The molecule has 0 bridgehead atoms. The maximum atomic E-state index is 10.8. The van der Waals surface area contributed by atoms with Gasteiger partial charge in [0.25, 0.3) is 0 Å². The van der Waals surface area contributed by atoms with Crippen LogP contribution in [0.4, 0.5) is 0 Å². The summed E-state index contributed by atoms with van der Waals surface area (Å²) in [5.41, 5.74) is 5.75. The van der Waals surface area contributed by atoms with Crippen molar-refractivity contribution >= 4 is 0 Å². The van der Waals surface area contributed by atoms with Gasteiger partial charge in [-0.15, -0.1) is 0 Å². The quantitative estimate of drug-likeness (QED) is 0.444. The summed E-state index contributed by atoms with van der Waals surface area (Å²) in [5.74, 6) is 1.84. The van der Waals surface area contributed by atoms with Crippen LogP contribution in [-0.4, -0.2) is 22.4 Å². The maximum Gasteiger partial charge on any atom is 0.0726 e. The first kappa shape index (κ1) is 24.5. The van der Waals surface area contributed by atoms with Gasteiger partial charge in [-0.1, -0.05) is 64.3 Å². The second-order valence-corrected chi connectivity index (χ2v) is 13.8. The lowest BCUT2D eigenvalue weighted by Gasteiger charge is -2.62. The molecular formula is C30H50O2. The van der Waals surface area contributed by atoms with Crippen LogP contribution in [0.5, 0.6) is 0 Å². The summed E-state index contributed by atoms with van der Waals surface area (Å²) in [6, 6.07) is 0. The first-order chi connectivity index (χ1) is 14.8. The van der Waals surface area contributed by atoms with Crippen LogP contribution in [0.1, 0.15) is 113 Å². The van der Waals surface area contributed by atoms with Crippen molar-refractivity contribution in [1.29, 1.82) is 0 Å². The molecule has 0 aromatic rings. The van der Waals surface area contributed by atoms with E-state index in [9.17, 15) is 10.2 Å². The highest BCUT2D eigenvalue weighted by Crippen LogP contribution is 2.72. The second kappa shape index (κ2) is 7.98. The van der Waals surface area contributed by atoms with Crippen molar-refractivity contribution in [2.45, 2.75) is 125 Å². The predicted molar refractivity (Wildman–Crippen MR) is 134 cm³/mol. The largest absolute Gasteiger partial charge is 0.393 e. The first-order valence-electron chi connectivity index (χ1n) is 13.5. The number of allylic oxidation sites excluding steroid dienone is 3. The highest BCUT2D eigenvalue weighted by atomic mass is 16.3. The Labute approximate surface area is 198 Å². The molecule has 0 aromatic heterocycles. The van der Waals surface area contributed by atoms with E-state index in [-0.39, 0.29) is 23.0 Å². The molecule has 0 saturated heterocycles. The summed E-state index contributed by atoms with van der Waals surface area (Å²) >= 11 is 0. The van der Waals surface area contributed by atoms with Crippen molar-refractivity contribution in [3.8, 4) is 0 Å². The molecule has 182 valence electrons. The van der Waals surface area contributed by atoms with Crippen LogP contribution in [0.15, 0.2) is 22.8 Å². The summed E-state index contributed by atoms with van der Waals surface area (Å²) in [5, 5.41) is 21.4. The third kappa shape index (κ3) is 3.41. The fourth-order valence-corrected chi connectivity index (χ4v) is 9.63. The molecule has 2 saturated carbocycles. The summed E-state index contributed by atoms with van der Waals surface area (Å²) < 4.78 is 0. The van der Waals surface area contributed by atoms with E-state index in [4.69, 9.17) is 0 Å². The Hall–Kier alpha value is -0.600. The summed E-state index contributed by atoms with van der Waals surface area (Å²) in [4.78, 5) is 0. The molecule has 0 amide bonds. The monoisotopic (exact) mass is 442 g/mol. The number of fused-ring (bicyclic) bond motifs is 4. The van der Waals surface area contributed by atoms with Gasteiger partial charge in [0.15, 0.2) is 0 Å². The van der Waals surface area contributed by atoms with Crippen LogP contribution in [0.3, 0.4) is 0 Å². The van der Waals surface area contributed by atoms with E-state index in [1.54, 1.807) is 5.57 Å². The zero-order valence-electron chi connectivity index (χ0n) is 22.2. The molecule has 0 spiro atoms. The average molecular weight is 443 g/mol. The number of hydrogen-bond donors (Lipinski definition) is 2. The molecule has 0 aromatic carbocycles. The maximum absolute atomic E-state index is 10.8. The van der Waals surface area contributed by atoms with Gasteiger partial charge < -0.3 is 10.2 Å². The van der Waals surface area contributed by atoms with E-state index >= 15 is 0 Å². The van der Waals surface area contributed by atoms with Crippen molar-refractivity contribution in [3.05, 3.63) is 22.8 Å². The normalized spacial score (nSPS) is 44.9. The highest BCUT2D eigenvalue weighted by molar-refractivity contribution is 5.38. The van der Waals surface area contributed by atoms with Crippen LogP contribution in [-0.2, 0) is 0 Å². The predicted octanol–water partition coefficient (Wildman–Crippen LogP) is 7.45. The van der Waals surface area contributed by atoms with Gasteiger partial charge in [0, 0.05) is 0 Å². The lowest BCUT2D eigenvalue weighted by atomic mass is 9.43. The van der Waals surface area contributed by atoms with Crippen molar-refractivity contribution in [3.63, 3.8) is 0 Å². The Balaban J connectivity index is 1.65. The molecule has 2 fully saturated rings. The summed E-state index contributed by atoms with van der Waals surface area (Å²) in [7, 11) is 0. The molecule has 2 heteroatoms. The molecule has 4 aliphatic carbocycles. The SMILES string of the molecule is CC(C)=CC(O)C[C@@H](C)[C@H]1CC[C@@]2(C)C3=C(CC[C@]12C)[C@@]1(C)CC[C@H](O)C(C)(C)[C@@H]1CC3. The van der Waals surface area contributed by atoms with E-state index in [0.29, 0.717) is 28.6 Å². The Bertz CT molecular complexity index is 802. The molecule has 8 atom stereocenters. The Kier molecular flexibility index (Phi) is 6.11. The third-order valence-corrected chi connectivity index (χ3v) is 11.6. The molecule has 2 N–H and O–H groups in total. The van der Waals surface area contributed by atoms with Crippen LogP contribution in [0.25, 0.3) is 0 Å². The van der Waals surface area contributed by atoms with E-state index in [1.807, 2.05) is 11.6 Å². The Morgan fingerprint density at radius 2 is 1.66 bits per heavy atom. The van der Waals surface area contributed by atoms with Crippen molar-refractivity contribution in [2.75, 3.05) is 0 Å².